The van der Waals surface area contributed by atoms with Crippen LogP contribution in [0.1, 0.15) is 24.3 Å². The third-order valence-corrected chi connectivity index (χ3v) is 2.21. The minimum absolute atomic E-state index is 0.125. The van der Waals surface area contributed by atoms with Crippen LogP contribution in [0.2, 0.25) is 0 Å². The first-order valence-corrected chi connectivity index (χ1v) is 4.60. The van der Waals surface area contributed by atoms with Gasteiger partial charge in [-0.15, -0.1) is 0 Å². The third-order valence-electron chi connectivity index (χ3n) is 2.21. The van der Waals surface area contributed by atoms with Gasteiger partial charge < -0.3 is 5.11 Å². The molecule has 1 N–H and O–H groups in total. The topological polar surface area (TPSA) is 20.2 Å². The van der Waals surface area contributed by atoms with E-state index in [9.17, 15) is 4.39 Å². The van der Waals surface area contributed by atoms with Gasteiger partial charge in [-0.05, 0) is 24.3 Å². The van der Waals surface area contributed by atoms with E-state index in [-0.39, 0.29) is 19.2 Å². The summed E-state index contributed by atoms with van der Waals surface area (Å²) in [6.45, 7) is -0.195. The van der Waals surface area contributed by atoms with Gasteiger partial charge >= 0.3 is 0 Å². The molecule has 1 aromatic carbocycles. The predicted molar refractivity (Wildman–Crippen MR) is 51.5 cm³/mol. The van der Waals surface area contributed by atoms with Gasteiger partial charge in [0.25, 0.3) is 0 Å². The molecule has 0 aliphatic rings. The summed E-state index contributed by atoms with van der Waals surface area (Å²) in [7, 11) is 0. The van der Waals surface area contributed by atoms with Crippen molar-refractivity contribution in [1.29, 1.82) is 0 Å². The monoisotopic (exact) mass is 182 g/mol. The zero-order valence-corrected chi connectivity index (χ0v) is 7.62. The highest BCUT2D eigenvalue weighted by molar-refractivity contribution is 5.19. The Balaban J connectivity index is 2.64. The molecule has 1 unspecified atom stereocenters. The molecular weight excluding hydrogens is 167 g/mol. The van der Waals surface area contributed by atoms with Crippen LogP contribution in [0.4, 0.5) is 4.39 Å². The summed E-state index contributed by atoms with van der Waals surface area (Å²) >= 11 is 0. The van der Waals surface area contributed by atoms with Crippen molar-refractivity contribution >= 4 is 0 Å². The van der Waals surface area contributed by atoms with Crippen molar-refractivity contribution in [3.63, 3.8) is 0 Å². The lowest BCUT2D eigenvalue weighted by Crippen LogP contribution is -2.02. The number of halogens is 1. The van der Waals surface area contributed by atoms with Crippen LogP contribution in [0.15, 0.2) is 30.3 Å². The summed E-state index contributed by atoms with van der Waals surface area (Å²) in [5, 5.41) is 8.80. The Morgan fingerprint density at radius 1 is 1.15 bits per heavy atom. The molecule has 2 heteroatoms. The van der Waals surface area contributed by atoms with Crippen molar-refractivity contribution in [2.45, 2.75) is 18.8 Å². The maximum atomic E-state index is 12.2. The van der Waals surface area contributed by atoms with Crippen LogP contribution in [-0.4, -0.2) is 18.4 Å². The van der Waals surface area contributed by atoms with Crippen LogP contribution in [0.5, 0.6) is 0 Å². The van der Waals surface area contributed by atoms with E-state index < -0.39 is 0 Å². The van der Waals surface area contributed by atoms with Crippen molar-refractivity contribution < 1.29 is 9.50 Å². The van der Waals surface area contributed by atoms with Gasteiger partial charge in [0.15, 0.2) is 0 Å². The normalized spacial score (nSPS) is 12.8. The Hall–Kier alpha value is -0.890. The van der Waals surface area contributed by atoms with E-state index in [1.165, 1.54) is 0 Å². The molecular formula is C11H15FO. The van der Waals surface area contributed by atoms with Gasteiger partial charge in [0.05, 0.1) is 6.67 Å². The lowest BCUT2D eigenvalue weighted by Gasteiger charge is -2.13. The Morgan fingerprint density at radius 2 is 1.85 bits per heavy atom. The minimum atomic E-state index is -0.320. The molecule has 1 nitrogen and oxygen atoms in total. The van der Waals surface area contributed by atoms with Crippen molar-refractivity contribution in [3.05, 3.63) is 35.9 Å². The highest BCUT2D eigenvalue weighted by Gasteiger charge is 2.09. The average Bonchev–Trinajstić information content (AvgIpc) is 2.19. The molecule has 1 rings (SSSR count). The second kappa shape index (κ2) is 5.70. The standard InChI is InChI=1S/C11H15FO/c12-8-6-11(7-9-13)10-4-2-1-3-5-10/h1-5,11,13H,6-9H2. The molecule has 0 aromatic heterocycles. The molecule has 0 heterocycles. The van der Waals surface area contributed by atoms with Crippen LogP contribution in [0, 0.1) is 0 Å². The molecule has 0 aliphatic heterocycles. The summed E-state index contributed by atoms with van der Waals surface area (Å²) in [5.74, 6) is 0.163. The van der Waals surface area contributed by atoms with Crippen LogP contribution in [0.3, 0.4) is 0 Å². The van der Waals surface area contributed by atoms with E-state index in [1.807, 2.05) is 30.3 Å². The second-order valence-electron chi connectivity index (χ2n) is 3.10. The van der Waals surface area contributed by atoms with E-state index in [2.05, 4.69) is 0 Å². The van der Waals surface area contributed by atoms with Gasteiger partial charge in [-0.1, -0.05) is 30.3 Å². The number of alkyl halides is 1. The SMILES string of the molecule is OCCC(CCF)c1ccccc1. The molecule has 0 saturated carbocycles. The maximum absolute atomic E-state index is 12.2. The number of aliphatic hydroxyl groups excluding tert-OH is 1. The molecule has 0 saturated heterocycles. The fourth-order valence-corrected chi connectivity index (χ4v) is 1.49. The summed E-state index contributed by atoms with van der Waals surface area (Å²) in [4.78, 5) is 0. The van der Waals surface area contributed by atoms with Crippen LogP contribution in [-0.2, 0) is 0 Å². The molecule has 1 atom stereocenters. The Kier molecular flexibility index (Phi) is 4.47. The quantitative estimate of drug-likeness (QED) is 0.741. The smallest absolute Gasteiger partial charge is 0.0900 e. The lowest BCUT2D eigenvalue weighted by atomic mass is 9.93. The predicted octanol–water partition coefficient (Wildman–Crippen LogP) is 2.51. The van der Waals surface area contributed by atoms with Crippen molar-refractivity contribution in [2.24, 2.45) is 0 Å². The molecule has 0 fully saturated rings. The van der Waals surface area contributed by atoms with E-state index >= 15 is 0 Å². The Bertz CT molecular complexity index is 217. The van der Waals surface area contributed by atoms with Gasteiger partial charge in [-0.25, -0.2) is 0 Å². The molecule has 72 valence electrons. The zero-order valence-electron chi connectivity index (χ0n) is 7.62. The van der Waals surface area contributed by atoms with E-state index in [0.29, 0.717) is 12.8 Å². The number of hydrogen-bond acceptors (Lipinski definition) is 1. The zero-order chi connectivity index (χ0) is 9.52. The highest BCUT2D eigenvalue weighted by atomic mass is 19.1. The average molecular weight is 182 g/mol. The molecule has 13 heavy (non-hydrogen) atoms. The first kappa shape index (κ1) is 10.2. The molecule has 0 spiro atoms. The Labute approximate surface area is 78.2 Å². The number of benzene rings is 1. The highest BCUT2D eigenvalue weighted by Crippen LogP contribution is 2.22. The summed E-state index contributed by atoms with van der Waals surface area (Å²) in [6.07, 6.45) is 1.15. The van der Waals surface area contributed by atoms with E-state index in [4.69, 9.17) is 5.11 Å². The summed E-state index contributed by atoms with van der Waals surface area (Å²) in [6, 6.07) is 9.79. The van der Waals surface area contributed by atoms with Crippen LogP contribution >= 0.6 is 0 Å². The number of hydrogen-bond donors (Lipinski definition) is 1. The van der Waals surface area contributed by atoms with E-state index in [0.717, 1.165) is 5.56 Å². The molecule has 0 amide bonds. The van der Waals surface area contributed by atoms with Crippen LogP contribution < -0.4 is 0 Å². The van der Waals surface area contributed by atoms with E-state index in [1.54, 1.807) is 0 Å². The van der Waals surface area contributed by atoms with Crippen molar-refractivity contribution in [1.82, 2.24) is 0 Å². The molecule has 1 aromatic rings. The summed E-state index contributed by atoms with van der Waals surface area (Å²) < 4.78 is 12.2. The fourth-order valence-electron chi connectivity index (χ4n) is 1.49. The van der Waals surface area contributed by atoms with Crippen molar-refractivity contribution in [3.8, 4) is 0 Å². The van der Waals surface area contributed by atoms with Crippen LogP contribution in [0.25, 0.3) is 0 Å². The van der Waals surface area contributed by atoms with Gasteiger partial charge in [-0.2, -0.15) is 0 Å². The maximum Gasteiger partial charge on any atom is 0.0900 e. The van der Waals surface area contributed by atoms with Gasteiger partial charge in [0.2, 0.25) is 0 Å². The third kappa shape index (κ3) is 3.15. The fraction of sp³-hybridized carbons (Fsp3) is 0.455. The van der Waals surface area contributed by atoms with Gasteiger partial charge in [-0.3, -0.25) is 4.39 Å². The van der Waals surface area contributed by atoms with Gasteiger partial charge in [0.1, 0.15) is 0 Å². The van der Waals surface area contributed by atoms with Gasteiger partial charge in [0, 0.05) is 6.61 Å². The molecule has 0 aliphatic carbocycles. The number of aliphatic hydroxyl groups is 1. The minimum Gasteiger partial charge on any atom is -0.396 e. The molecule has 0 radical (unpaired) electrons. The largest absolute Gasteiger partial charge is 0.396 e. The first-order valence-electron chi connectivity index (χ1n) is 4.60. The Morgan fingerprint density at radius 3 is 2.38 bits per heavy atom. The lowest BCUT2D eigenvalue weighted by molar-refractivity contribution is 0.268. The number of rotatable bonds is 5. The van der Waals surface area contributed by atoms with Crippen molar-refractivity contribution in [2.75, 3.05) is 13.3 Å². The summed E-state index contributed by atoms with van der Waals surface area (Å²) in [5.41, 5.74) is 1.12. The first-order chi connectivity index (χ1) is 6.38. The molecule has 0 bridgehead atoms. The second-order valence-corrected chi connectivity index (χ2v) is 3.10.